The number of hydrogen-bond acceptors (Lipinski definition) is 3. The average Bonchev–Trinajstić information content (AvgIpc) is 3.09. The standard InChI is InChI=1S/C22H38O4/c23-16-10-13-21(22(25)26)12-9-7-5-3-1-2-4-6-8-11-19-14-15-20(17-19)18-24/h7,9,17,19,21,23-24H,1-6,8,10-16,18H2,(H,25,26)/b9-7+/t19-,21-/m0/s1. The van der Waals surface area contributed by atoms with Gasteiger partial charge in [-0.25, -0.2) is 0 Å². The summed E-state index contributed by atoms with van der Waals surface area (Å²) in [6.07, 6.45) is 20.3. The summed E-state index contributed by atoms with van der Waals surface area (Å²) >= 11 is 0. The molecule has 4 nitrogen and oxygen atoms in total. The topological polar surface area (TPSA) is 77.8 Å². The lowest BCUT2D eigenvalue weighted by molar-refractivity contribution is -0.141. The van der Waals surface area contributed by atoms with Crippen LogP contribution < -0.4 is 0 Å². The summed E-state index contributed by atoms with van der Waals surface area (Å²) in [5.41, 5.74) is 1.23. The highest BCUT2D eigenvalue weighted by molar-refractivity contribution is 5.70. The van der Waals surface area contributed by atoms with Gasteiger partial charge >= 0.3 is 5.97 Å². The Hall–Kier alpha value is -1.13. The van der Waals surface area contributed by atoms with Crippen LogP contribution in [0.3, 0.4) is 0 Å². The van der Waals surface area contributed by atoms with Gasteiger partial charge in [0, 0.05) is 6.61 Å². The van der Waals surface area contributed by atoms with Crippen molar-refractivity contribution in [3.63, 3.8) is 0 Å². The summed E-state index contributed by atoms with van der Waals surface area (Å²) in [6.45, 7) is 0.305. The minimum atomic E-state index is -0.760. The first-order valence-electron chi connectivity index (χ1n) is 10.5. The van der Waals surface area contributed by atoms with Crippen molar-refractivity contribution >= 4 is 5.97 Å². The Morgan fingerprint density at radius 1 is 1.08 bits per heavy atom. The highest BCUT2D eigenvalue weighted by atomic mass is 16.4. The highest BCUT2D eigenvalue weighted by Gasteiger charge is 2.15. The number of carboxylic acid groups (broad SMARTS) is 1. The van der Waals surface area contributed by atoms with Crippen LogP contribution in [0.4, 0.5) is 0 Å². The molecule has 0 amide bonds. The quantitative estimate of drug-likeness (QED) is 0.269. The molecule has 26 heavy (non-hydrogen) atoms. The molecule has 0 aromatic heterocycles. The number of rotatable bonds is 16. The second kappa shape index (κ2) is 15.0. The van der Waals surface area contributed by atoms with Gasteiger partial charge in [0.2, 0.25) is 0 Å². The van der Waals surface area contributed by atoms with Gasteiger partial charge in [-0.3, -0.25) is 4.79 Å². The summed E-state index contributed by atoms with van der Waals surface area (Å²) in [7, 11) is 0. The van der Waals surface area contributed by atoms with Gasteiger partial charge < -0.3 is 15.3 Å². The molecule has 0 radical (unpaired) electrons. The Labute approximate surface area is 159 Å². The Balaban J connectivity index is 1.92. The van der Waals surface area contributed by atoms with Gasteiger partial charge in [-0.15, -0.1) is 0 Å². The van der Waals surface area contributed by atoms with Crippen LogP contribution >= 0.6 is 0 Å². The molecule has 0 heterocycles. The summed E-state index contributed by atoms with van der Waals surface area (Å²) in [6, 6.07) is 0. The SMILES string of the molecule is O=C(O)[C@@H](C/C=C/CCCCCCCC[C@@H]1C=C(CO)CC1)CCCO. The molecule has 0 aromatic rings. The fourth-order valence-corrected chi connectivity index (χ4v) is 3.66. The maximum Gasteiger partial charge on any atom is 0.306 e. The van der Waals surface area contributed by atoms with Crippen LogP contribution in [0.2, 0.25) is 0 Å². The third-order valence-corrected chi connectivity index (χ3v) is 5.35. The summed E-state index contributed by atoms with van der Waals surface area (Å²) in [5, 5.41) is 27.0. The maximum absolute atomic E-state index is 11.1. The molecule has 1 rings (SSSR count). The highest BCUT2D eigenvalue weighted by Crippen LogP contribution is 2.28. The van der Waals surface area contributed by atoms with Crippen molar-refractivity contribution in [1.82, 2.24) is 0 Å². The average molecular weight is 367 g/mol. The van der Waals surface area contributed by atoms with Crippen LogP contribution in [0.25, 0.3) is 0 Å². The number of aliphatic carboxylic acids is 1. The van der Waals surface area contributed by atoms with Crippen molar-refractivity contribution in [2.75, 3.05) is 13.2 Å². The van der Waals surface area contributed by atoms with E-state index in [0.29, 0.717) is 25.2 Å². The van der Waals surface area contributed by atoms with Gasteiger partial charge in [0.05, 0.1) is 12.5 Å². The zero-order chi connectivity index (χ0) is 19.0. The molecule has 0 saturated carbocycles. The summed E-state index contributed by atoms with van der Waals surface area (Å²) in [4.78, 5) is 11.1. The van der Waals surface area contributed by atoms with Crippen LogP contribution in [-0.2, 0) is 4.79 Å². The third-order valence-electron chi connectivity index (χ3n) is 5.35. The number of hydrogen-bond donors (Lipinski definition) is 3. The number of aliphatic hydroxyl groups is 2. The van der Waals surface area contributed by atoms with Gasteiger partial charge in [0.15, 0.2) is 0 Å². The van der Waals surface area contributed by atoms with Crippen molar-refractivity contribution in [2.24, 2.45) is 11.8 Å². The maximum atomic E-state index is 11.1. The predicted octanol–water partition coefficient (Wildman–Crippen LogP) is 4.86. The molecule has 2 atom stereocenters. The van der Waals surface area contributed by atoms with Crippen LogP contribution in [0.15, 0.2) is 23.8 Å². The van der Waals surface area contributed by atoms with E-state index in [-0.39, 0.29) is 19.1 Å². The number of aliphatic hydroxyl groups excluding tert-OH is 2. The van der Waals surface area contributed by atoms with E-state index < -0.39 is 5.97 Å². The monoisotopic (exact) mass is 366 g/mol. The molecule has 0 saturated heterocycles. The largest absolute Gasteiger partial charge is 0.481 e. The van der Waals surface area contributed by atoms with E-state index in [2.05, 4.69) is 12.2 Å². The fraction of sp³-hybridized carbons (Fsp3) is 0.773. The van der Waals surface area contributed by atoms with Gasteiger partial charge in [0.25, 0.3) is 0 Å². The van der Waals surface area contributed by atoms with Crippen LogP contribution in [0.1, 0.15) is 83.5 Å². The zero-order valence-electron chi connectivity index (χ0n) is 16.2. The Morgan fingerprint density at radius 3 is 2.46 bits per heavy atom. The fourth-order valence-electron chi connectivity index (χ4n) is 3.66. The molecule has 0 unspecified atom stereocenters. The Morgan fingerprint density at radius 2 is 1.81 bits per heavy atom. The molecule has 4 heteroatoms. The lowest BCUT2D eigenvalue weighted by atomic mass is 9.99. The molecule has 0 aromatic carbocycles. The van der Waals surface area contributed by atoms with Gasteiger partial charge in [-0.2, -0.15) is 0 Å². The molecule has 3 N–H and O–H groups in total. The molecule has 0 aliphatic heterocycles. The second-order valence-electron chi connectivity index (χ2n) is 7.59. The summed E-state index contributed by atoms with van der Waals surface area (Å²) < 4.78 is 0. The van der Waals surface area contributed by atoms with Gasteiger partial charge in [-0.1, -0.05) is 50.3 Å². The molecular formula is C22H38O4. The van der Waals surface area contributed by atoms with E-state index in [0.717, 1.165) is 12.8 Å². The minimum Gasteiger partial charge on any atom is -0.481 e. The normalized spacial score (nSPS) is 18.4. The molecule has 1 aliphatic rings. The minimum absolute atomic E-state index is 0.0640. The molecule has 1 aliphatic carbocycles. The van der Waals surface area contributed by atoms with Crippen LogP contribution in [0, 0.1) is 11.8 Å². The van der Waals surface area contributed by atoms with E-state index in [1.807, 2.05) is 6.08 Å². The second-order valence-corrected chi connectivity index (χ2v) is 7.59. The molecular weight excluding hydrogens is 328 g/mol. The van der Waals surface area contributed by atoms with Crippen molar-refractivity contribution in [3.8, 4) is 0 Å². The zero-order valence-corrected chi connectivity index (χ0v) is 16.2. The van der Waals surface area contributed by atoms with Crippen LogP contribution in [0.5, 0.6) is 0 Å². The van der Waals surface area contributed by atoms with E-state index >= 15 is 0 Å². The Kier molecular flexibility index (Phi) is 13.2. The summed E-state index contributed by atoms with van der Waals surface area (Å²) in [5.74, 6) is -0.417. The van der Waals surface area contributed by atoms with Crippen molar-refractivity contribution < 1.29 is 20.1 Å². The van der Waals surface area contributed by atoms with Gasteiger partial charge in [0.1, 0.15) is 0 Å². The molecule has 0 bridgehead atoms. The van der Waals surface area contributed by atoms with E-state index in [4.69, 9.17) is 15.3 Å². The van der Waals surface area contributed by atoms with Gasteiger partial charge in [-0.05, 0) is 62.9 Å². The molecule has 150 valence electrons. The van der Waals surface area contributed by atoms with E-state index in [9.17, 15) is 4.79 Å². The lowest BCUT2D eigenvalue weighted by Gasteiger charge is -2.08. The first-order valence-corrected chi connectivity index (χ1v) is 10.5. The number of allylic oxidation sites excluding steroid dienone is 3. The first kappa shape index (κ1) is 22.9. The predicted molar refractivity (Wildman–Crippen MR) is 106 cm³/mol. The molecule has 0 spiro atoms. The van der Waals surface area contributed by atoms with Crippen LogP contribution in [-0.4, -0.2) is 34.5 Å². The molecule has 0 fully saturated rings. The first-order chi connectivity index (χ1) is 12.7. The number of carboxylic acids is 1. The lowest BCUT2D eigenvalue weighted by Crippen LogP contribution is -2.13. The van der Waals surface area contributed by atoms with Crippen molar-refractivity contribution in [3.05, 3.63) is 23.8 Å². The third kappa shape index (κ3) is 10.8. The van der Waals surface area contributed by atoms with Crippen molar-refractivity contribution in [2.45, 2.75) is 83.5 Å². The number of unbranched alkanes of at least 4 members (excludes halogenated alkanes) is 6. The van der Waals surface area contributed by atoms with E-state index in [1.165, 1.54) is 56.9 Å². The number of carbonyl (C=O) groups is 1. The van der Waals surface area contributed by atoms with Crippen molar-refractivity contribution in [1.29, 1.82) is 0 Å². The Bertz CT molecular complexity index is 428. The van der Waals surface area contributed by atoms with E-state index in [1.54, 1.807) is 0 Å². The smallest absolute Gasteiger partial charge is 0.306 e.